The summed E-state index contributed by atoms with van der Waals surface area (Å²) in [7, 11) is 0. The van der Waals surface area contributed by atoms with E-state index in [1.165, 1.54) is 13.0 Å². The third-order valence-electron chi connectivity index (χ3n) is 2.09. The number of Topliss-reactive ketones (excluding diaryl/α,β-unsaturated/α-hetero) is 1. The number of halogens is 2. The highest BCUT2D eigenvalue weighted by Gasteiger charge is 2.14. The Labute approximate surface area is 85.1 Å². The molecule has 70 valence electrons. The second kappa shape index (κ2) is 3.58. The quantitative estimate of drug-likeness (QED) is 0.693. The molecule has 0 fully saturated rings. The van der Waals surface area contributed by atoms with E-state index in [1.54, 1.807) is 6.92 Å². The van der Waals surface area contributed by atoms with Crippen LogP contribution in [0.4, 0.5) is 4.39 Å². The molecule has 3 heteroatoms. The van der Waals surface area contributed by atoms with E-state index in [2.05, 4.69) is 15.9 Å². The van der Waals surface area contributed by atoms with Crippen LogP contribution in [-0.4, -0.2) is 5.78 Å². The number of carbonyl (C=O) groups excluding carboxylic acids is 1. The molecular weight excluding hydrogens is 235 g/mol. The summed E-state index contributed by atoms with van der Waals surface area (Å²) in [5, 5.41) is 0. The van der Waals surface area contributed by atoms with Crippen LogP contribution in [0.5, 0.6) is 0 Å². The number of benzene rings is 1. The second-order valence-electron chi connectivity index (χ2n) is 3.05. The molecule has 0 aliphatic rings. The molecule has 1 nitrogen and oxygen atoms in total. The first kappa shape index (κ1) is 10.4. The Bertz CT molecular complexity index is 345. The van der Waals surface area contributed by atoms with Crippen LogP contribution in [-0.2, 0) is 0 Å². The number of hydrogen-bond acceptors (Lipinski definition) is 1. The van der Waals surface area contributed by atoms with Crippen molar-refractivity contribution in [2.45, 2.75) is 20.8 Å². The normalized spacial score (nSPS) is 10.2. The Morgan fingerprint density at radius 3 is 2.46 bits per heavy atom. The fourth-order valence-corrected chi connectivity index (χ4v) is 1.95. The lowest BCUT2D eigenvalue weighted by molar-refractivity contribution is 0.101. The van der Waals surface area contributed by atoms with E-state index < -0.39 is 0 Å². The van der Waals surface area contributed by atoms with Gasteiger partial charge in [0.25, 0.3) is 0 Å². The van der Waals surface area contributed by atoms with Crippen molar-refractivity contribution in [3.63, 3.8) is 0 Å². The third-order valence-corrected chi connectivity index (χ3v) is 2.87. The molecule has 1 aromatic carbocycles. The highest BCUT2D eigenvalue weighted by molar-refractivity contribution is 9.10. The molecule has 0 aliphatic carbocycles. The number of ketones is 1. The zero-order valence-electron chi connectivity index (χ0n) is 7.74. The minimum atomic E-state index is -0.381. The maximum Gasteiger partial charge on any atom is 0.161 e. The zero-order valence-corrected chi connectivity index (χ0v) is 9.33. The molecule has 0 heterocycles. The average molecular weight is 245 g/mol. The molecule has 0 atom stereocenters. The van der Waals surface area contributed by atoms with Gasteiger partial charge in [-0.05, 0) is 53.9 Å². The molecule has 0 amide bonds. The van der Waals surface area contributed by atoms with Crippen LogP contribution in [0.2, 0.25) is 0 Å². The van der Waals surface area contributed by atoms with Crippen molar-refractivity contribution in [1.82, 2.24) is 0 Å². The molecule has 0 saturated carbocycles. The summed E-state index contributed by atoms with van der Waals surface area (Å²) in [4.78, 5) is 11.2. The van der Waals surface area contributed by atoms with E-state index in [4.69, 9.17) is 0 Å². The van der Waals surface area contributed by atoms with Crippen LogP contribution in [0.25, 0.3) is 0 Å². The van der Waals surface area contributed by atoms with Crippen molar-refractivity contribution >= 4 is 21.7 Å². The number of rotatable bonds is 1. The molecule has 1 rings (SSSR count). The highest BCUT2D eigenvalue weighted by Crippen LogP contribution is 2.26. The Morgan fingerprint density at radius 2 is 2.00 bits per heavy atom. The largest absolute Gasteiger partial charge is 0.294 e. The predicted molar refractivity (Wildman–Crippen MR) is 53.6 cm³/mol. The first-order valence-electron chi connectivity index (χ1n) is 3.91. The van der Waals surface area contributed by atoms with Gasteiger partial charge in [-0.15, -0.1) is 0 Å². The molecule has 0 unspecified atom stereocenters. The lowest BCUT2D eigenvalue weighted by Gasteiger charge is -2.08. The molecule has 0 aromatic heterocycles. The molecule has 0 bridgehead atoms. The van der Waals surface area contributed by atoms with Gasteiger partial charge in [0, 0.05) is 5.56 Å². The molecule has 0 N–H and O–H groups in total. The molecule has 0 spiro atoms. The lowest BCUT2D eigenvalue weighted by Crippen LogP contribution is -2.02. The van der Waals surface area contributed by atoms with Gasteiger partial charge >= 0.3 is 0 Å². The van der Waals surface area contributed by atoms with Crippen molar-refractivity contribution < 1.29 is 9.18 Å². The Hall–Kier alpha value is -0.700. The highest BCUT2D eigenvalue weighted by atomic mass is 79.9. The van der Waals surface area contributed by atoms with Crippen LogP contribution in [0.3, 0.4) is 0 Å². The predicted octanol–water partition coefficient (Wildman–Crippen LogP) is 3.41. The minimum absolute atomic E-state index is 0.119. The topological polar surface area (TPSA) is 17.1 Å². The summed E-state index contributed by atoms with van der Waals surface area (Å²) >= 11 is 3.07. The summed E-state index contributed by atoms with van der Waals surface area (Å²) in [5.41, 5.74) is 2.07. The Kier molecular flexibility index (Phi) is 2.86. The van der Waals surface area contributed by atoms with Crippen molar-refractivity contribution in [3.05, 3.63) is 33.0 Å². The van der Waals surface area contributed by atoms with E-state index in [-0.39, 0.29) is 16.1 Å². The first-order chi connectivity index (χ1) is 5.95. The van der Waals surface area contributed by atoms with E-state index in [9.17, 15) is 9.18 Å². The van der Waals surface area contributed by atoms with Gasteiger partial charge in [-0.2, -0.15) is 0 Å². The fourth-order valence-electron chi connectivity index (χ4n) is 1.26. The molecule has 13 heavy (non-hydrogen) atoms. The van der Waals surface area contributed by atoms with Crippen molar-refractivity contribution in [3.8, 4) is 0 Å². The first-order valence-corrected chi connectivity index (χ1v) is 4.70. The summed E-state index contributed by atoms with van der Waals surface area (Å²) in [6.07, 6.45) is 0. The van der Waals surface area contributed by atoms with Gasteiger partial charge in [0.1, 0.15) is 5.82 Å². The van der Waals surface area contributed by atoms with Crippen LogP contribution < -0.4 is 0 Å². The smallest absolute Gasteiger partial charge is 0.161 e. The zero-order chi connectivity index (χ0) is 10.2. The molecular formula is C10H10BrFO. The van der Waals surface area contributed by atoms with Crippen molar-refractivity contribution in [2.75, 3.05) is 0 Å². The summed E-state index contributed by atoms with van der Waals surface area (Å²) < 4.78 is 13.4. The average Bonchev–Trinajstić information content (AvgIpc) is 2.01. The van der Waals surface area contributed by atoms with E-state index in [1.807, 2.05) is 6.92 Å². The van der Waals surface area contributed by atoms with E-state index >= 15 is 0 Å². The SMILES string of the molecule is CC(=O)c1c(C)c(C)cc(F)c1Br. The lowest BCUT2D eigenvalue weighted by atomic mass is 10.0. The van der Waals surface area contributed by atoms with Gasteiger partial charge < -0.3 is 0 Å². The van der Waals surface area contributed by atoms with Gasteiger partial charge in [-0.25, -0.2) is 4.39 Å². The Morgan fingerprint density at radius 1 is 1.46 bits per heavy atom. The monoisotopic (exact) mass is 244 g/mol. The van der Waals surface area contributed by atoms with Gasteiger partial charge in [-0.3, -0.25) is 4.79 Å². The van der Waals surface area contributed by atoms with Gasteiger partial charge in [0.15, 0.2) is 5.78 Å². The molecule has 0 saturated heterocycles. The van der Waals surface area contributed by atoms with Gasteiger partial charge in [-0.1, -0.05) is 0 Å². The maximum absolute atomic E-state index is 13.2. The fraction of sp³-hybridized carbons (Fsp3) is 0.300. The van der Waals surface area contributed by atoms with Crippen LogP contribution in [0.1, 0.15) is 28.4 Å². The second-order valence-corrected chi connectivity index (χ2v) is 3.84. The molecule has 1 aromatic rings. The van der Waals surface area contributed by atoms with Crippen LogP contribution in [0.15, 0.2) is 10.5 Å². The van der Waals surface area contributed by atoms with Crippen molar-refractivity contribution in [2.24, 2.45) is 0 Å². The van der Waals surface area contributed by atoms with Gasteiger partial charge in [0.05, 0.1) is 4.47 Å². The third kappa shape index (κ3) is 1.80. The minimum Gasteiger partial charge on any atom is -0.294 e. The molecule has 0 aliphatic heterocycles. The summed E-state index contributed by atoms with van der Waals surface area (Å²) in [5.74, 6) is -0.500. The molecule has 0 radical (unpaired) electrons. The standard InChI is InChI=1S/C10H10BrFO/c1-5-4-8(12)10(11)9(6(5)2)7(3)13/h4H,1-3H3. The summed E-state index contributed by atoms with van der Waals surface area (Å²) in [6, 6.07) is 1.42. The van der Waals surface area contributed by atoms with Crippen LogP contribution >= 0.6 is 15.9 Å². The van der Waals surface area contributed by atoms with E-state index in [0.29, 0.717) is 5.56 Å². The number of aryl methyl sites for hydroxylation is 1. The van der Waals surface area contributed by atoms with Crippen LogP contribution in [0, 0.1) is 19.7 Å². The van der Waals surface area contributed by atoms with E-state index in [0.717, 1.165) is 11.1 Å². The number of carbonyl (C=O) groups is 1. The summed E-state index contributed by atoms with van der Waals surface area (Å²) in [6.45, 7) is 5.04. The number of hydrogen-bond donors (Lipinski definition) is 0. The maximum atomic E-state index is 13.2. The Balaban J connectivity index is 3.56. The van der Waals surface area contributed by atoms with Crippen molar-refractivity contribution in [1.29, 1.82) is 0 Å². The van der Waals surface area contributed by atoms with Gasteiger partial charge in [0.2, 0.25) is 0 Å².